The van der Waals surface area contributed by atoms with Crippen LogP contribution in [0.25, 0.3) is 0 Å². The van der Waals surface area contributed by atoms with E-state index in [9.17, 15) is 0 Å². The lowest BCUT2D eigenvalue weighted by Gasteiger charge is -2.13. The summed E-state index contributed by atoms with van der Waals surface area (Å²) in [4.78, 5) is 0. The van der Waals surface area contributed by atoms with Crippen molar-refractivity contribution >= 4 is 5.84 Å². The molecule has 0 amide bonds. The lowest BCUT2D eigenvalue weighted by atomic mass is 10.1. The minimum Gasteiger partial charge on any atom is -0.496 e. The van der Waals surface area contributed by atoms with Gasteiger partial charge >= 0.3 is 0 Å². The van der Waals surface area contributed by atoms with Gasteiger partial charge in [-0.3, -0.25) is 0 Å². The Morgan fingerprint density at radius 3 is 3.11 bits per heavy atom. The molecule has 1 heterocycles. The van der Waals surface area contributed by atoms with Crippen LogP contribution in [-0.2, 0) is 11.3 Å². The number of oxime groups is 1. The predicted octanol–water partition coefficient (Wildman–Crippen LogP) is 0.668. The molecular weight excluding hydrogens is 246 g/mol. The van der Waals surface area contributed by atoms with E-state index < -0.39 is 0 Å². The van der Waals surface area contributed by atoms with Gasteiger partial charge < -0.3 is 25.7 Å². The van der Waals surface area contributed by atoms with Crippen LogP contribution < -0.4 is 15.8 Å². The van der Waals surface area contributed by atoms with Crippen LogP contribution in [0.3, 0.4) is 0 Å². The first-order chi connectivity index (χ1) is 9.24. The minimum atomic E-state index is 0.0422. The van der Waals surface area contributed by atoms with Crippen molar-refractivity contribution in [3.05, 3.63) is 29.3 Å². The van der Waals surface area contributed by atoms with E-state index in [1.54, 1.807) is 13.2 Å². The molecule has 1 aromatic rings. The number of nitrogens with two attached hydrogens (primary N) is 1. The highest BCUT2D eigenvalue weighted by atomic mass is 16.5. The van der Waals surface area contributed by atoms with E-state index in [4.69, 9.17) is 20.4 Å². The average Bonchev–Trinajstić information content (AvgIpc) is 2.97. The fraction of sp³-hybridized carbons (Fsp3) is 0.462. The van der Waals surface area contributed by atoms with Gasteiger partial charge in [0.05, 0.1) is 19.3 Å². The number of rotatable bonds is 5. The summed E-state index contributed by atoms with van der Waals surface area (Å²) in [6, 6.07) is 6.01. The molecule has 0 aliphatic carbocycles. The molecule has 0 radical (unpaired) electrons. The van der Waals surface area contributed by atoms with Gasteiger partial charge in [0, 0.05) is 19.2 Å². The van der Waals surface area contributed by atoms with Crippen LogP contribution in [0, 0.1) is 0 Å². The van der Waals surface area contributed by atoms with Gasteiger partial charge in [0.25, 0.3) is 0 Å². The molecule has 2 rings (SSSR count). The van der Waals surface area contributed by atoms with E-state index >= 15 is 0 Å². The molecule has 104 valence electrons. The first-order valence-corrected chi connectivity index (χ1v) is 6.20. The van der Waals surface area contributed by atoms with Crippen LogP contribution in [-0.4, -0.2) is 37.4 Å². The summed E-state index contributed by atoms with van der Waals surface area (Å²) >= 11 is 0. The highest BCUT2D eigenvalue weighted by molar-refractivity contribution is 5.99. The third-order valence-electron chi connectivity index (χ3n) is 3.17. The van der Waals surface area contributed by atoms with Crippen LogP contribution in [0.1, 0.15) is 17.5 Å². The minimum absolute atomic E-state index is 0.0422. The predicted molar refractivity (Wildman–Crippen MR) is 71.6 cm³/mol. The fourth-order valence-electron chi connectivity index (χ4n) is 2.07. The number of benzene rings is 1. The quantitative estimate of drug-likeness (QED) is 0.315. The summed E-state index contributed by atoms with van der Waals surface area (Å²) in [6.07, 6.45) is 1.04. The number of amidine groups is 1. The molecule has 0 aromatic heterocycles. The topological polar surface area (TPSA) is 89.1 Å². The molecule has 6 nitrogen and oxygen atoms in total. The molecule has 0 bridgehead atoms. The van der Waals surface area contributed by atoms with Crippen molar-refractivity contribution in [1.82, 2.24) is 5.32 Å². The van der Waals surface area contributed by atoms with Gasteiger partial charge in [0.1, 0.15) is 5.75 Å². The standard InChI is InChI=1S/C13H19N3O3/c1-18-12-6-9(2-3-11(12)13(14)16-17)7-15-10-4-5-19-8-10/h2-3,6,10,15,17H,4-5,7-8H2,1H3,(H2,14,16). The van der Waals surface area contributed by atoms with Gasteiger partial charge in [-0.1, -0.05) is 11.2 Å². The molecule has 19 heavy (non-hydrogen) atoms. The fourth-order valence-corrected chi connectivity index (χ4v) is 2.07. The van der Waals surface area contributed by atoms with Crippen molar-refractivity contribution in [2.45, 2.75) is 19.0 Å². The zero-order valence-electron chi connectivity index (χ0n) is 10.9. The van der Waals surface area contributed by atoms with Crippen molar-refractivity contribution in [3.8, 4) is 5.75 Å². The average molecular weight is 265 g/mol. The Hall–Kier alpha value is -1.79. The van der Waals surface area contributed by atoms with Crippen molar-refractivity contribution < 1.29 is 14.7 Å². The summed E-state index contributed by atoms with van der Waals surface area (Å²) in [5.41, 5.74) is 7.25. The van der Waals surface area contributed by atoms with Crippen LogP contribution >= 0.6 is 0 Å². The first kappa shape index (κ1) is 13.6. The highest BCUT2D eigenvalue weighted by Crippen LogP contribution is 2.20. The summed E-state index contributed by atoms with van der Waals surface area (Å²) in [5.74, 6) is 0.637. The third-order valence-corrected chi connectivity index (χ3v) is 3.17. The second kappa shape index (κ2) is 6.40. The molecule has 1 saturated heterocycles. The molecule has 1 fully saturated rings. The van der Waals surface area contributed by atoms with E-state index in [0.717, 1.165) is 31.7 Å². The number of nitrogens with zero attached hydrogens (tertiary/aromatic N) is 1. The summed E-state index contributed by atoms with van der Waals surface area (Å²) in [5, 5.41) is 15.1. The monoisotopic (exact) mass is 265 g/mol. The second-order valence-electron chi connectivity index (χ2n) is 4.46. The number of methoxy groups -OCH3 is 1. The van der Waals surface area contributed by atoms with Gasteiger partial charge in [-0.25, -0.2) is 0 Å². The normalized spacial score (nSPS) is 19.6. The summed E-state index contributed by atoms with van der Waals surface area (Å²) < 4.78 is 10.6. The molecule has 1 aliphatic heterocycles. The lowest BCUT2D eigenvalue weighted by molar-refractivity contribution is 0.190. The molecule has 1 aromatic carbocycles. The van der Waals surface area contributed by atoms with Crippen LogP contribution in [0.15, 0.2) is 23.4 Å². The Labute approximate surface area is 112 Å². The van der Waals surface area contributed by atoms with E-state index in [-0.39, 0.29) is 5.84 Å². The van der Waals surface area contributed by atoms with E-state index in [1.807, 2.05) is 12.1 Å². The van der Waals surface area contributed by atoms with Crippen molar-refractivity contribution in [1.29, 1.82) is 0 Å². The Morgan fingerprint density at radius 1 is 1.63 bits per heavy atom. The first-order valence-electron chi connectivity index (χ1n) is 6.20. The molecule has 4 N–H and O–H groups in total. The Bertz CT molecular complexity index is 456. The smallest absolute Gasteiger partial charge is 0.173 e. The maximum absolute atomic E-state index is 8.71. The van der Waals surface area contributed by atoms with Gasteiger partial charge in [-0.2, -0.15) is 0 Å². The van der Waals surface area contributed by atoms with Gasteiger partial charge in [0.15, 0.2) is 5.84 Å². The molecule has 1 unspecified atom stereocenters. The molecule has 0 spiro atoms. The van der Waals surface area contributed by atoms with Gasteiger partial charge in [-0.15, -0.1) is 0 Å². The molecular formula is C13H19N3O3. The van der Waals surface area contributed by atoms with Crippen LogP contribution in [0.4, 0.5) is 0 Å². The van der Waals surface area contributed by atoms with Crippen molar-refractivity contribution in [2.24, 2.45) is 10.9 Å². The highest BCUT2D eigenvalue weighted by Gasteiger charge is 2.15. The van der Waals surface area contributed by atoms with Gasteiger partial charge in [0.2, 0.25) is 0 Å². The maximum Gasteiger partial charge on any atom is 0.173 e. The van der Waals surface area contributed by atoms with Crippen molar-refractivity contribution in [3.63, 3.8) is 0 Å². The van der Waals surface area contributed by atoms with Gasteiger partial charge in [-0.05, 0) is 24.1 Å². The number of ether oxygens (including phenoxy) is 2. The Balaban J connectivity index is 2.05. The zero-order valence-corrected chi connectivity index (χ0v) is 10.9. The molecule has 1 atom stereocenters. The number of hydrogen-bond donors (Lipinski definition) is 3. The maximum atomic E-state index is 8.71. The third kappa shape index (κ3) is 3.36. The zero-order chi connectivity index (χ0) is 13.7. The SMILES string of the molecule is COc1cc(CNC2CCOC2)ccc1/C(N)=N/O. The Kier molecular flexibility index (Phi) is 4.59. The largest absolute Gasteiger partial charge is 0.496 e. The molecule has 1 aliphatic rings. The summed E-state index contributed by atoms with van der Waals surface area (Å²) in [6.45, 7) is 2.32. The second-order valence-corrected chi connectivity index (χ2v) is 4.46. The number of hydrogen-bond acceptors (Lipinski definition) is 5. The molecule has 0 saturated carbocycles. The summed E-state index contributed by atoms with van der Waals surface area (Å²) in [7, 11) is 1.56. The van der Waals surface area contributed by atoms with Crippen LogP contribution in [0.5, 0.6) is 5.75 Å². The number of nitrogens with one attached hydrogen (secondary N) is 1. The van der Waals surface area contributed by atoms with E-state index in [2.05, 4.69) is 10.5 Å². The Morgan fingerprint density at radius 2 is 2.47 bits per heavy atom. The van der Waals surface area contributed by atoms with Crippen LogP contribution in [0.2, 0.25) is 0 Å². The van der Waals surface area contributed by atoms with E-state index in [0.29, 0.717) is 17.4 Å². The lowest BCUT2D eigenvalue weighted by Crippen LogP contribution is -2.28. The van der Waals surface area contributed by atoms with E-state index in [1.165, 1.54) is 0 Å². The van der Waals surface area contributed by atoms with Crippen molar-refractivity contribution in [2.75, 3.05) is 20.3 Å². The molecule has 6 heteroatoms.